The fraction of sp³-hybridized carbons (Fsp3) is 0.600. The first kappa shape index (κ1) is 15.7. The quantitative estimate of drug-likeness (QED) is 0.902. The van der Waals surface area contributed by atoms with E-state index in [0.717, 1.165) is 12.8 Å². The normalized spacial score (nSPS) is 28.9. The molecule has 0 radical (unpaired) electrons. The van der Waals surface area contributed by atoms with Crippen molar-refractivity contribution in [2.45, 2.75) is 42.4 Å². The molecule has 0 amide bonds. The largest absolute Gasteiger partial charge is 0.495 e. The predicted molar refractivity (Wildman–Crippen MR) is 80.4 cm³/mol. The van der Waals surface area contributed by atoms with Crippen LogP contribution in [0.5, 0.6) is 5.75 Å². The minimum absolute atomic E-state index is 0.0205. The fourth-order valence-electron chi connectivity index (χ4n) is 3.10. The van der Waals surface area contributed by atoms with Crippen LogP contribution in [0.3, 0.4) is 0 Å². The molecule has 1 aliphatic carbocycles. The van der Waals surface area contributed by atoms with Crippen molar-refractivity contribution in [1.29, 1.82) is 0 Å². The Morgan fingerprint density at radius 1 is 1.14 bits per heavy atom. The van der Waals surface area contributed by atoms with Crippen molar-refractivity contribution < 1.29 is 22.6 Å². The Kier molecular flexibility index (Phi) is 4.67. The Morgan fingerprint density at radius 2 is 1.86 bits per heavy atom. The van der Waals surface area contributed by atoms with Crippen molar-refractivity contribution in [3.05, 3.63) is 24.3 Å². The standard InChI is InChI=1S/C15H21NO5S/c1-19-13-4-2-3-5-15(13)22(17,18)16-11-6-7-12-14(10-11)21-9-8-20-12/h2-5,11-12,14,16H,6-10H2,1H3/t11-,12-,14+/m1/s1. The average molecular weight is 327 g/mol. The van der Waals surface area contributed by atoms with Crippen LogP contribution in [0.2, 0.25) is 0 Å². The lowest BCUT2D eigenvalue weighted by Gasteiger charge is -2.38. The second-order valence-corrected chi connectivity index (χ2v) is 7.28. The lowest BCUT2D eigenvalue weighted by atomic mass is 9.90. The highest BCUT2D eigenvalue weighted by Gasteiger charge is 2.36. The number of benzene rings is 1. The fourth-order valence-corrected chi connectivity index (χ4v) is 4.55. The maximum absolute atomic E-state index is 12.6. The molecule has 1 aromatic carbocycles. The van der Waals surface area contributed by atoms with Gasteiger partial charge in [-0.3, -0.25) is 0 Å². The molecule has 1 aromatic rings. The smallest absolute Gasteiger partial charge is 0.244 e. The monoisotopic (exact) mass is 327 g/mol. The molecule has 3 rings (SSSR count). The van der Waals surface area contributed by atoms with E-state index in [9.17, 15) is 8.42 Å². The van der Waals surface area contributed by atoms with Crippen LogP contribution in [0, 0.1) is 0 Å². The van der Waals surface area contributed by atoms with E-state index in [1.165, 1.54) is 7.11 Å². The molecular weight excluding hydrogens is 306 g/mol. The summed E-state index contributed by atoms with van der Waals surface area (Å²) in [4.78, 5) is 0.167. The lowest BCUT2D eigenvalue weighted by molar-refractivity contribution is -0.156. The molecule has 1 saturated heterocycles. The van der Waals surface area contributed by atoms with E-state index in [4.69, 9.17) is 14.2 Å². The van der Waals surface area contributed by atoms with Crippen LogP contribution in [-0.2, 0) is 19.5 Å². The van der Waals surface area contributed by atoms with Gasteiger partial charge in [-0.1, -0.05) is 12.1 Å². The number of nitrogens with one attached hydrogen (secondary N) is 1. The molecule has 7 heteroatoms. The van der Waals surface area contributed by atoms with Gasteiger partial charge in [0.15, 0.2) is 0 Å². The molecule has 0 aromatic heterocycles. The third-order valence-electron chi connectivity index (χ3n) is 4.16. The minimum Gasteiger partial charge on any atom is -0.495 e. The van der Waals surface area contributed by atoms with Crippen molar-refractivity contribution in [3.8, 4) is 5.75 Å². The van der Waals surface area contributed by atoms with Crippen molar-refractivity contribution >= 4 is 10.0 Å². The predicted octanol–water partition coefficient (Wildman–Crippen LogP) is 1.31. The van der Waals surface area contributed by atoms with E-state index in [1.54, 1.807) is 24.3 Å². The SMILES string of the molecule is COc1ccccc1S(=O)(=O)N[C@@H]1CC[C@H]2OCCO[C@H]2C1. The second-order valence-electron chi connectivity index (χ2n) is 5.60. The first-order valence-electron chi connectivity index (χ1n) is 7.49. The van der Waals surface area contributed by atoms with Crippen molar-refractivity contribution in [2.75, 3.05) is 20.3 Å². The molecular formula is C15H21NO5S. The molecule has 122 valence electrons. The maximum Gasteiger partial charge on any atom is 0.244 e. The van der Waals surface area contributed by atoms with Crippen LogP contribution in [0.1, 0.15) is 19.3 Å². The number of ether oxygens (including phenoxy) is 3. The summed E-state index contributed by atoms with van der Waals surface area (Å²) in [5.74, 6) is 0.348. The number of rotatable bonds is 4. The molecule has 0 spiro atoms. The Labute approximate surface area is 130 Å². The lowest BCUT2D eigenvalue weighted by Crippen LogP contribution is -2.49. The molecule has 1 heterocycles. The molecule has 1 N–H and O–H groups in total. The van der Waals surface area contributed by atoms with Gasteiger partial charge in [-0.25, -0.2) is 13.1 Å². The summed E-state index contributed by atoms with van der Waals surface area (Å²) in [6, 6.07) is 6.48. The summed E-state index contributed by atoms with van der Waals surface area (Å²) < 4.78 is 44.4. The summed E-state index contributed by atoms with van der Waals surface area (Å²) in [7, 11) is -2.15. The van der Waals surface area contributed by atoms with E-state index in [2.05, 4.69) is 4.72 Å². The zero-order valence-corrected chi connectivity index (χ0v) is 13.3. The zero-order chi connectivity index (χ0) is 15.6. The number of hydrogen-bond donors (Lipinski definition) is 1. The van der Waals surface area contributed by atoms with E-state index in [1.807, 2.05) is 0 Å². The number of sulfonamides is 1. The summed E-state index contributed by atoms with van der Waals surface area (Å²) in [5.41, 5.74) is 0. The summed E-state index contributed by atoms with van der Waals surface area (Å²) in [6.07, 6.45) is 2.27. The third-order valence-corrected chi connectivity index (χ3v) is 5.72. The van der Waals surface area contributed by atoms with Crippen molar-refractivity contribution in [3.63, 3.8) is 0 Å². The Balaban J connectivity index is 1.72. The van der Waals surface area contributed by atoms with Crippen LogP contribution in [0.15, 0.2) is 29.2 Å². The van der Waals surface area contributed by atoms with E-state index in [0.29, 0.717) is 25.4 Å². The Hall–Kier alpha value is -1.15. The van der Waals surface area contributed by atoms with Gasteiger partial charge in [-0.05, 0) is 31.4 Å². The first-order chi connectivity index (χ1) is 10.6. The van der Waals surface area contributed by atoms with Crippen LogP contribution < -0.4 is 9.46 Å². The van der Waals surface area contributed by atoms with Crippen LogP contribution in [0.25, 0.3) is 0 Å². The van der Waals surface area contributed by atoms with Gasteiger partial charge in [0.25, 0.3) is 0 Å². The maximum atomic E-state index is 12.6. The van der Waals surface area contributed by atoms with Crippen molar-refractivity contribution in [2.24, 2.45) is 0 Å². The average Bonchev–Trinajstić information content (AvgIpc) is 2.54. The molecule has 0 unspecified atom stereocenters. The summed E-state index contributed by atoms with van der Waals surface area (Å²) in [6.45, 7) is 1.20. The summed E-state index contributed by atoms with van der Waals surface area (Å²) in [5, 5.41) is 0. The van der Waals surface area contributed by atoms with Gasteiger partial charge in [0.1, 0.15) is 10.6 Å². The molecule has 2 fully saturated rings. The topological polar surface area (TPSA) is 73.9 Å². The number of para-hydroxylation sites is 1. The first-order valence-corrected chi connectivity index (χ1v) is 8.97. The zero-order valence-electron chi connectivity index (χ0n) is 12.5. The highest BCUT2D eigenvalue weighted by Crippen LogP contribution is 2.29. The van der Waals surface area contributed by atoms with Crippen LogP contribution >= 0.6 is 0 Å². The number of methoxy groups -OCH3 is 1. The molecule has 22 heavy (non-hydrogen) atoms. The number of fused-ring (bicyclic) bond motifs is 1. The Morgan fingerprint density at radius 3 is 2.64 bits per heavy atom. The third kappa shape index (κ3) is 3.27. The summed E-state index contributed by atoms with van der Waals surface area (Å²) >= 11 is 0. The van der Waals surface area contributed by atoms with Crippen LogP contribution in [-0.4, -0.2) is 47.0 Å². The molecule has 3 atom stereocenters. The van der Waals surface area contributed by atoms with Crippen LogP contribution in [0.4, 0.5) is 0 Å². The van der Waals surface area contributed by atoms with Gasteiger partial charge >= 0.3 is 0 Å². The van der Waals surface area contributed by atoms with Gasteiger partial charge < -0.3 is 14.2 Å². The minimum atomic E-state index is -3.61. The Bertz CT molecular complexity index is 618. The molecule has 1 aliphatic heterocycles. The second kappa shape index (κ2) is 6.54. The van der Waals surface area contributed by atoms with Crippen molar-refractivity contribution in [1.82, 2.24) is 4.72 Å². The van der Waals surface area contributed by atoms with E-state index in [-0.39, 0.29) is 23.1 Å². The van der Waals surface area contributed by atoms with Gasteiger partial charge in [0.05, 0.1) is 32.5 Å². The molecule has 0 bridgehead atoms. The van der Waals surface area contributed by atoms with Gasteiger partial charge in [0, 0.05) is 6.04 Å². The number of hydrogen-bond acceptors (Lipinski definition) is 5. The highest BCUT2D eigenvalue weighted by molar-refractivity contribution is 7.89. The molecule has 1 saturated carbocycles. The van der Waals surface area contributed by atoms with E-state index < -0.39 is 10.0 Å². The molecule has 6 nitrogen and oxygen atoms in total. The van der Waals surface area contributed by atoms with Gasteiger partial charge in [-0.15, -0.1) is 0 Å². The molecule has 2 aliphatic rings. The van der Waals surface area contributed by atoms with Gasteiger partial charge in [0.2, 0.25) is 10.0 Å². The van der Waals surface area contributed by atoms with E-state index >= 15 is 0 Å². The van der Waals surface area contributed by atoms with Gasteiger partial charge in [-0.2, -0.15) is 0 Å². The highest BCUT2D eigenvalue weighted by atomic mass is 32.2.